The number of hydrogen-bond donors (Lipinski definition) is 1. The second-order valence-corrected chi connectivity index (χ2v) is 8.03. The SMILES string of the molecule is COc1cc2c(cc1OC)CN(C(=NCc1nnc(C)n1C)NCC1CCCO1)CC2. The Kier molecular flexibility index (Phi) is 6.60. The molecular weight excluding hydrogens is 396 g/mol. The number of hydrogen-bond acceptors (Lipinski definition) is 6. The molecule has 2 aromatic rings. The zero-order chi connectivity index (χ0) is 21.8. The Morgan fingerprint density at radius 2 is 2.00 bits per heavy atom. The van der Waals surface area contributed by atoms with Crippen molar-refractivity contribution in [2.75, 3.05) is 33.9 Å². The van der Waals surface area contributed by atoms with Crippen LogP contribution in [0.4, 0.5) is 0 Å². The van der Waals surface area contributed by atoms with Crippen LogP contribution in [0.15, 0.2) is 17.1 Å². The fraction of sp³-hybridized carbons (Fsp3) is 0.591. The molecule has 1 saturated heterocycles. The highest BCUT2D eigenvalue weighted by Gasteiger charge is 2.23. The lowest BCUT2D eigenvalue weighted by atomic mass is 9.99. The van der Waals surface area contributed by atoms with E-state index in [1.54, 1.807) is 14.2 Å². The molecule has 9 heteroatoms. The first kappa shape index (κ1) is 21.4. The number of nitrogens with one attached hydrogen (secondary N) is 1. The Hall–Kier alpha value is -2.81. The molecule has 0 aliphatic carbocycles. The maximum Gasteiger partial charge on any atom is 0.194 e. The van der Waals surface area contributed by atoms with Gasteiger partial charge in [-0.15, -0.1) is 10.2 Å². The monoisotopic (exact) mass is 428 g/mol. The van der Waals surface area contributed by atoms with Gasteiger partial charge >= 0.3 is 0 Å². The van der Waals surface area contributed by atoms with Crippen LogP contribution in [-0.2, 0) is 31.3 Å². The normalized spacial score (nSPS) is 18.8. The van der Waals surface area contributed by atoms with Crippen molar-refractivity contribution >= 4 is 5.96 Å². The molecule has 168 valence electrons. The summed E-state index contributed by atoms with van der Waals surface area (Å²) in [6, 6.07) is 4.16. The van der Waals surface area contributed by atoms with E-state index in [0.29, 0.717) is 6.54 Å². The standard InChI is InChI=1S/C22H32N6O3/c1-15-25-26-21(27(15)2)13-24-22(23-12-18-6-5-9-31-18)28-8-7-16-10-19(29-3)20(30-4)11-17(16)14-28/h10-11,18H,5-9,12-14H2,1-4H3,(H,23,24). The van der Waals surface area contributed by atoms with Gasteiger partial charge in [0.1, 0.15) is 12.4 Å². The smallest absolute Gasteiger partial charge is 0.194 e. The summed E-state index contributed by atoms with van der Waals surface area (Å²) in [4.78, 5) is 7.18. The van der Waals surface area contributed by atoms with Crippen molar-refractivity contribution in [1.82, 2.24) is 25.0 Å². The number of fused-ring (bicyclic) bond motifs is 1. The van der Waals surface area contributed by atoms with Crippen LogP contribution in [0.2, 0.25) is 0 Å². The number of ether oxygens (including phenoxy) is 3. The van der Waals surface area contributed by atoms with E-state index in [-0.39, 0.29) is 6.10 Å². The first-order chi connectivity index (χ1) is 15.1. The van der Waals surface area contributed by atoms with Crippen molar-refractivity contribution in [3.8, 4) is 11.5 Å². The van der Waals surface area contributed by atoms with E-state index in [9.17, 15) is 0 Å². The predicted octanol–water partition coefficient (Wildman–Crippen LogP) is 1.82. The molecule has 1 aromatic heterocycles. The van der Waals surface area contributed by atoms with Gasteiger partial charge in [-0.2, -0.15) is 0 Å². The number of aliphatic imine (C=N–C) groups is 1. The summed E-state index contributed by atoms with van der Waals surface area (Å²) < 4.78 is 18.8. The van der Waals surface area contributed by atoms with Gasteiger partial charge in [-0.05, 0) is 49.4 Å². The predicted molar refractivity (Wildman–Crippen MR) is 118 cm³/mol. The lowest BCUT2D eigenvalue weighted by molar-refractivity contribution is 0.113. The van der Waals surface area contributed by atoms with Crippen LogP contribution in [0.1, 0.15) is 35.6 Å². The van der Waals surface area contributed by atoms with E-state index in [1.807, 2.05) is 18.5 Å². The molecule has 0 spiro atoms. The molecule has 0 saturated carbocycles. The van der Waals surface area contributed by atoms with Gasteiger partial charge in [-0.1, -0.05) is 0 Å². The second-order valence-electron chi connectivity index (χ2n) is 8.03. The highest BCUT2D eigenvalue weighted by molar-refractivity contribution is 5.80. The molecule has 1 atom stereocenters. The zero-order valence-electron chi connectivity index (χ0n) is 18.8. The molecule has 31 heavy (non-hydrogen) atoms. The molecule has 3 heterocycles. The number of rotatable bonds is 6. The maximum absolute atomic E-state index is 5.80. The minimum Gasteiger partial charge on any atom is -0.493 e. The van der Waals surface area contributed by atoms with Crippen molar-refractivity contribution in [2.45, 2.75) is 45.4 Å². The average molecular weight is 429 g/mol. The van der Waals surface area contributed by atoms with E-state index >= 15 is 0 Å². The Balaban J connectivity index is 1.54. The molecule has 9 nitrogen and oxygen atoms in total. The zero-order valence-corrected chi connectivity index (χ0v) is 18.8. The van der Waals surface area contributed by atoms with Crippen molar-refractivity contribution in [3.05, 3.63) is 34.9 Å². The molecule has 2 aliphatic heterocycles. The summed E-state index contributed by atoms with van der Waals surface area (Å²) in [7, 11) is 5.31. The van der Waals surface area contributed by atoms with E-state index in [2.05, 4.69) is 32.5 Å². The molecule has 0 amide bonds. The van der Waals surface area contributed by atoms with Crippen LogP contribution in [-0.4, -0.2) is 65.6 Å². The molecule has 2 aliphatic rings. The first-order valence-electron chi connectivity index (χ1n) is 10.8. The third-order valence-electron chi connectivity index (χ3n) is 6.08. The maximum atomic E-state index is 5.80. The molecule has 4 rings (SSSR count). The number of methoxy groups -OCH3 is 2. The molecule has 1 aromatic carbocycles. The lowest BCUT2D eigenvalue weighted by Crippen LogP contribution is -2.46. The summed E-state index contributed by atoms with van der Waals surface area (Å²) >= 11 is 0. The van der Waals surface area contributed by atoms with Gasteiger partial charge in [0.25, 0.3) is 0 Å². The van der Waals surface area contributed by atoms with Gasteiger partial charge in [-0.3, -0.25) is 0 Å². The topological polar surface area (TPSA) is 86.0 Å². The van der Waals surface area contributed by atoms with Crippen LogP contribution in [0, 0.1) is 6.92 Å². The minimum atomic E-state index is 0.240. The number of benzene rings is 1. The summed E-state index contributed by atoms with van der Waals surface area (Å²) in [5, 5.41) is 11.9. The quantitative estimate of drug-likeness (QED) is 0.555. The molecule has 1 fully saturated rings. The van der Waals surface area contributed by atoms with E-state index in [4.69, 9.17) is 19.2 Å². The van der Waals surface area contributed by atoms with E-state index < -0.39 is 0 Å². The van der Waals surface area contributed by atoms with Gasteiger partial charge < -0.3 is 29.0 Å². The number of guanidine groups is 1. The third kappa shape index (κ3) is 4.76. The summed E-state index contributed by atoms with van der Waals surface area (Å²) in [5.41, 5.74) is 2.52. The first-order valence-corrected chi connectivity index (χ1v) is 10.8. The fourth-order valence-corrected chi connectivity index (χ4v) is 4.08. The second kappa shape index (κ2) is 9.55. The molecular formula is C22H32N6O3. The van der Waals surface area contributed by atoms with Crippen molar-refractivity contribution in [2.24, 2.45) is 12.0 Å². The van der Waals surface area contributed by atoms with Crippen LogP contribution >= 0.6 is 0 Å². The van der Waals surface area contributed by atoms with E-state index in [1.165, 1.54) is 11.1 Å². The van der Waals surface area contributed by atoms with Gasteiger partial charge in [0, 0.05) is 33.3 Å². The Morgan fingerprint density at radius 3 is 2.65 bits per heavy atom. The lowest BCUT2D eigenvalue weighted by Gasteiger charge is -2.32. The molecule has 0 bridgehead atoms. The Labute approximate surface area is 183 Å². The van der Waals surface area contributed by atoms with Crippen molar-refractivity contribution < 1.29 is 14.2 Å². The summed E-state index contributed by atoms with van der Waals surface area (Å²) in [6.45, 7) is 5.64. The van der Waals surface area contributed by atoms with Gasteiger partial charge in [0.15, 0.2) is 23.3 Å². The number of nitrogens with zero attached hydrogens (tertiary/aromatic N) is 5. The van der Waals surface area contributed by atoms with Gasteiger partial charge in [0.05, 0.1) is 20.3 Å². The third-order valence-corrected chi connectivity index (χ3v) is 6.08. The Morgan fingerprint density at radius 1 is 1.23 bits per heavy atom. The van der Waals surface area contributed by atoms with Crippen LogP contribution in [0.5, 0.6) is 11.5 Å². The number of aromatic nitrogens is 3. The Bertz CT molecular complexity index is 936. The molecule has 1 unspecified atom stereocenters. The van der Waals surface area contributed by atoms with E-state index in [0.717, 1.165) is 74.6 Å². The highest BCUT2D eigenvalue weighted by Crippen LogP contribution is 2.33. The van der Waals surface area contributed by atoms with Gasteiger partial charge in [-0.25, -0.2) is 4.99 Å². The van der Waals surface area contributed by atoms with Crippen LogP contribution in [0.3, 0.4) is 0 Å². The van der Waals surface area contributed by atoms with Crippen LogP contribution in [0.25, 0.3) is 0 Å². The molecule has 0 radical (unpaired) electrons. The summed E-state index contributed by atoms with van der Waals surface area (Å²) in [5.74, 6) is 4.13. The molecule has 1 N–H and O–H groups in total. The van der Waals surface area contributed by atoms with Crippen LogP contribution < -0.4 is 14.8 Å². The van der Waals surface area contributed by atoms with Gasteiger partial charge in [0.2, 0.25) is 0 Å². The van der Waals surface area contributed by atoms with Crippen molar-refractivity contribution in [3.63, 3.8) is 0 Å². The number of aryl methyl sites for hydroxylation is 1. The largest absolute Gasteiger partial charge is 0.493 e. The average Bonchev–Trinajstić information content (AvgIpc) is 3.43. The highest BCUT2D eigenvalue weighted by atomic mass is 16.5. The van der Waals surface area contributed by atoms with Crippen molar-refractivity contribution in [1.29, 1.82) is 0 Å². The summed E-state index contributed by atoms with van der Waals surface area (Å²) in [6.07, 6.45) is 3.36. The minimum absolute atomic E-state index is 0.240. The fourth-order valence-electron chi connectivity index (χ4n) is 4.08.